The summed E-state index contributed by atoms with van der Waals surface area (Å²) in [5.74, 6) is 0. The molecule has 0 spiro atoms. The molecule has 0 fully saturated rings. The van der Waals surface area contributed by atoms with Crippen molar-refractivity contribution < 1.29 is 5.11 Å². The normalized spacial score (nSPS) is 12.5. The zero-order chi connectivity index (χ0) is 4.28. The summed E-state index contributed by atoms with van der Waals surface area (Å²) in [5, 5.41) is 8.24. The van der Waals surface area contributed by atoms with E-state index in [1.807, 2.05) is 0 Å². The number of nitrogens with two attached hydrogens (primary N) is 1. The molecule has 2 nitrogen and oxygen atoms in total. The maximum Gasteiger partial charge on any atom is 0.0634 e. The highest BCUT2D eigenvalue weighted by molar-refractivity contribution is 5.85. The standard InChI is InChI=1S/C3H9NO.ClH/c1-3(5)2-4;/h3,5H,2,4H2,1H3;1H. The number of aliphatic hydroxyl groups is 1. The maximum atomic E-state index is 8.24. The largest absolute Gasteiger partial charge is 0.392 e. The molecule has 0 radical (unpaired) electrons. The molecule has 40 valence electrons. The highest BCUT2D eigenvalue weighted by Crippen LogP contribution is 1.65. The van der Waals surface area contributed by atoms with Gasteiger partial charge in [-0.1, -0.05) is 0 Å². The molecule has 0 aliphatic carbocycles. The Labute approximate surface area is 43.8 Å². The van der Waals surface area contributed by atoms with E-state index in [-0.39, 0.29) is 18.5 Å². The highest BCUT2D eigenvalue weighted by atomic mass is 35.5. The number of aliphatic hydroxyl groups excluding tert-OH is 1. The minimum Gasteiger partial charge on any atom is -0.392 e. The van der Waals surface area contributed by atoms with Gasteiger partial charge in [0.15, 0.2) is 0 Å². The van der Waals surface area contributed by atoms with Gasteiger partial charge in [0.2, 0.25) is 0 Å². The first-order valence-electron chi connectivity index (χ1n) is 1.65. The summed E-state index contributed by atoms with van der Waals surface area (Å²) in [7, 11) is 0. The summed E-state index contributed by atoms with van der Waals surface area (Å²) in [6, 6.07) is 0. The van der Waals surface area contributed by atoms with Gasteiger partial charge >= 0.3 is 0 Å². The Hall–Kier alpha value is 0.210. The highest BCUT2D eigenvalue weighted by Gasteiger charge is 1.81. The third kappa shape index (κ3) is 8.88. The van der Waals surface area contributed by atoms with E-state index >= 15 is 0 Å². The summed E-state index contributed by atoms with van der Waals surface area (Å²) in [6.45, 7) is 2.01. The third-order valence-corrected chi connectivity index (χ3v) is 0.341. The van der Waals surface area contributed by atoms with Crippen LogP contribution in [0, 0.1) is 0 Å². The van der Waals surface area contributed by atoms with Crippen LogP contribution in [0.4, 0.5) is 0 Å². The molecule has 0 amide bonds. The van der Waals surface area contributed by atoms with Crippen LogP contribution >= 0.6 is 12.4 Å². The van der Waals surface area contributed by atoms with Gasteiger partial charge < -0.3 is 10.8 Å². The minimum absolute atomic E-state index is 0. The summed E-state index contributed by atoms with van der Waals surface area (Å²) >= 11 is 0. The lowest BCUT2D eigenvalue weighted by atomic mass is 10.4. The van der Waals surface area contributed by atoms with Crippen molar-refractivity contribution in [2.24, 2.45) is 5.73 Å². The van der Waals surface area contributed by atoms with E-state index < -0.39 is 0 Å². The summed E-state index contributed by atoms with van der Waals surface area (Å²) in [6.07, 6.45) is -0.338. The Bertz CT molecular complexity index is 24.8. The van der Waals surface area contributed by atoms with Crippen LogP contribution in [-0.4, -0.2) is 17.8 Å². The molecule has 3 heteroatoms. The fourth-order valence-electron chi connectivity index (χ4n) is 0. The van der Waals surface area contributed by atoms with E-state index in [0.29, 0.717) is 6.54 Å². The quantitative estimate of drug-likeness (QED) is 0.490. The lowest BCUT2D eigenvalue weighted by molar-refractivity contribution is 0.203. The molecular weight excluding hydrogens is 101 g/mol. The number of rotatable bonds is 1. The van der Waals surface area contributed by atoms with E-state index in [1.165, 1.54) is 0 Å². The Morgan fingerprint density at radius 1 is 1.83 bits per heavy atom. The van der Waals surface area contributed by atoms with Crippen molar-refractivity contribution in [2.75, 3.05) is 6.54 Å². The maximum absolute atomic E-state index is 8.24. The molecule has 0 aliphatic rings. The molecule has 6 heavy (non-hydrogen) atoms. The van der Waals surface area contributed by atoms with Crippen molar-refractivity contribution >= 4 is 12.4 Å². The van der Waals surface area contributed by atoms with Gasteiger partial charge in [0.05, 0.1) is 6.10 Å². The monoisotopic (exact) mass is 111 g/mol. The predicted molar refractivity (Wildman–Crippen MR) is 28.0 cm³/mol. The first-order valence-corrected chi connectivity index (χ1v) is 1.65. The number of hydrogen-bond donors (Lipinski definition) is 2. The van der Waals surface area contributed by atoms with Crippen molar-refractivity contribution in [3.63, 3.8) is 0 Å². The summed E-state index contributed by atoms with van der Waals surface area (Å²) < 4.78 is 0. The third-order valence-electron chi connectivity index (χ3n) is 0.341. The van der Waals surface area contributed by atoms with E-state index in [0.717, 1.165) is 0 Å². The Kier molecular flexibility index (Phi) is 8.26. The zero-order valence-corrected chi connectivity index (χ0v) is 4.53. The van der Waals surface area contributed by atoms with Gasteiger partial charge in [-0.05, 0) is 6.92 Å². The minimum atomic E-state index is -0.338. The first-order chi connectivity index (χ1) is 2.27. The molecular formula is C3H10ClNO. The van der Waals surface area contributed by atoms with Crippen LogP contribution in [0.25, 0.3) is 0 Å². The van der Waals surface area contributed by atoms with Gasteiger partial charge in [-0.2, -0.15) is 0 Å². The van der Waals surface area contributed by atoms with E-state index in [1.54, 1.807) is 6.92 Å². The molecule has 0 saturated heterocycles. The van der Waals surface area contributed by atoms with Gasteiger partial charge in [0.1, 0.15) is 0 Å². The SMILES string of the molecule is CC(O)CN.Cl. The topological polar surface area (TPSA) is 46.2 Å². The number of hydrogen-bond acceptors (Lipinski definition) is 2. The van der Waals surface area contributed by atoms with Gasteiger partial charge in [-0.3, -0.25) is 0 Å². The molecule has 0 aromatic carbocycles. The average molecular weight is 112 g/mol. The van der Waals surface area contributed by atoms with Gasteiger partial charge in [0.25, 0.3) is 0 Å². The van der Waals surface area contributed by atoms with Crippen molar-refractivity contribution in [3.8, 4) is 0 Å². The summed E-state index contributed by atoms with van der Waals surface area (Å²) in [5.41, 5.74) is 4.92. The number of halogens is 1. The van der Waals surface area contributed by atoms with Gasteiger partial charge in [0, 0.05) is 6.54 Å². The molecule has 1 unspecified atom stereocenters. The smallest absolute Gasteiger partial charge is 0.0634 e. The van der Waals surface area contributed by atoms with Crippen LogP contribution in [0.1, 0.15) is 6.92 Å². The van der Waals surface area contributed by atoms with Crippen molar-refractivity contribution in [2.45, 2.75) is 13.0 Å². The van der Waals surface area contributed by atoms with Crippen molar-refractivity contribution in [1.29, 1.82) is 0 Å². The summed E-state index contributed by atoms with van der Waals surface area (Å²) in [4.78, 5) is 0. The Balaban J connectivity index is 0. The first kappa shape index (κ1) is 9.51. The molecule has 0 aromatic rings. The van der Waals surface area contributed by atoms with Crippen molar-refractivity contribution in [1.82, 2.24) is 0 Å². The molecule has 1 atom stereocenters. The lowest BCUT2D eigenvalue weighted by Gasteiger charge is -1.91. The van der Waals surface area contributed by atoms with Crippen LogP contribution in [0.5, 0.6) is 0 Å². The average Bonchev–Trinajstić information content (AvgIpc) is 1.38. The molecule has 0 aromatic heterocycles. The Morgan fingerprint density at radius 3 is 2.00 bits per heavy atom. The van der Waals surface area contributed by atoms with Crippen LogP contribution in [-0.2, 0) is 0 Å². The second-order valence-corrected chi connectivity index (χ2v) is 1.08. The Morgan fingerprint density at radius 2 is 2.00 bits per heavy atom. The van der Waals surface area contributed by atoms with Crippen LogP contribution < -0.4 is 5.73 Å². The second kappa shape index (κ2) is 5.21. The second-order valence-electron chi connectivity index (χ2n) is 1.08. The zero-order valence-electron chi connectivity index (χ0n) is 3.72. The van der Waals surface area contributed by atoms with Gasteiger partial charge in [-0.25, -0.2) is 0 Å². The van der Waals surface area contributed by atoms with E-state index in [2.05, 4.69) is 0 Å². The fraction of sp³-hybridized carbons (Fsp3) is 1.00. The predicted octanol–water partition coefficient (Wildman–Crippen LogP) is -0.252. The van der Waals surface area contributed by atoms with Crippen molar-refractivity contribution in [3.05, 3.63) is 0 Å². The van der Waals surface area contributed by atoms with Crippen LogP contribution in [0.2, 0.25) is 0 Å². The van der Waals surface area contributed by atoms with Gasteiger partial charge in [-0.15, -0.1) is 12.4 Å². The van der Waals surface area contributed by atoms with Crippen LogP contribution in [0.15, 0.2) is 0 Å². The molecule has 3 N–H and O–H groups in total. The molecule has 0 saturated carbocycles. The molecule has 0 aliphatic heterocycles. The molecule has 0 bridgehead atoms. The lowest BCUT2D eigenvalue weighted by Crippen LogP contribution is -2.14. The molecule has 0 heterocycles. The molecule has 0 rings (SSSR count). The van der Waals surface area contributed by atoms with Crippen LogP contribution in [0.3, 0.4) is 0 Å². The fourth-order valence-corrected chi connectivity index (χ4v) is 0. The van der Waals surface area contributed by atoms with E-state index in [4.69, 9.17) is 10.8 Å². The van der Waals surface area contributed by atoms with E-state index in [9.17, 15) is 0 Å².